The summed E-state index contributed by atoms with van der Waals surface area (Å²) in [6.45, 7) is 5.64. The van der Waals surface area contributed by atoms with Gasteiger partial charge in [0.05, 0.1) is 17.8 Å². The average molecular weight is 459 g/mol. The zero-order valence-corrected chi connectivity index (χ0v) is 19.2. The Bertz CT molecular complexity index is 1240. The number of carbonyl (C=O) groups is 1. The molecule has 162 valence electrons. The molecule has 0 atom stereocenters. The van der Waals surface area contributed by atoms with Crippen molar-refractivity contribution in [2.45, 2.75) is 25.7 Å². The zero-order chi connectivity index (χ0) is 22.8. The Balaban J connectivity index is 1.92. The largest absolute Gasteiger partial charge is 0.495 e. The molecular formula is C23H23ClN2O4S. The van der Waals surface area contributed by atoms with E-state index >= 15 is 0 Å². The second-order valence-electron chi connectivity index (χ2n) is 7.28. The van der Waals surface area contributed by atoms with Crippen molar-refractivity contribution in [3.63, 3.8) is 0 Å². The van der Waals surface area contributed by atoms with Crippen molar-refractivity contribution in [2.24, 2.45) is 0 Å². The molecule has 3 aromatic carbocycles. The van der Waals surface area contributed by atoms with Crippen LogP contribution in [0.5, 0.6) is 5.75 Å². The molecule has 0 radical (unpaired) electrons. The highest BCUT2D eigenvalue weighted by molar-refractivity contribution is 7.92. The summed E-state index contributed by atoms with van der Waals surface area (Å²) in [5.41, 5.74) is 3.84. The number of sulfonamides is 1. The molecule has 3 aromatic rings. The van der Waals surface area contributed by atoms with Gasteiger partial charge >= 0.3 is 0 Å². The summed E-state index contributed by atoms with van der Waals surface area (Å²) < 4.78 is 33.8. The number of halogens is 1. The Labute approximate surface area is 187 Å². The fourth-order valence-corrected chi connectivity index (χ4v) is 4.78. The van der Waals surface area contributed by atoms with Crippen LogP contribution in [0.3, 0.4) is 0 Å². The van der Waals surface area contributed by atoms with Crippen molar-refractivity contribution in [1.29, 1.82) is 0 Å². The van der Waals surface area contributed by atoms with Crippen molar-refractivity contribution >= 4 is 38.9 Å². The summed E-state index contributed by atoms with van der Waals surface area (Å²) in [5, 5.41) is 2.77. The SMILES string of the molecule is COc1ccc(C)cc1NC(=O)c1ccc(Cl)c(S(=O)(=O)Nc2cc(C)cc(C)c2)c1. The van der Waals surface area contributed by atoms with Crippen LogP contribution >= 0.6 is 11.6 Å². The highest BCUT2D eigenvalue weighted by Crippen LogP contribution is 2.28. The molecule has 2 N–H and O–H groups in total. The quantitative estimate of drug-likeness (QED) is 0.523. The van der Waals surface area contributed by atoms with Crippen LogP contribution in [0, 0.1) is 20.8 Å². The minimum atomic E-state index is -4.01. The number of benzene rings is 3. The Morgan fingerprint density at radius 1 is 0.903 bits per heavy atom. The number of rotatable bonds is 6. The van der Waals surface area contributed by atoms with Crippen molar-refractivity contribution < 1.29 is 17.9 Å². The third-order valence-electron chi connectivity index (χ3n) is 4.56. The van der Waals surface area contributed by atoms with E-state index in [1.165, 1.54) is 25.3 Å². The normalized spacial score (nSPS) is 11.1. The first-order valence-corrected chi connectivity index (χ1v) is 11.3. The molecule has 0 bridgehead atoms. The number of ether oxygens (including phenoxy) is 1. The molecule has 0 heterocycles. The number of nitrogens with one attached hydrogen (secondary N) is 2. The highest BCUT2D eigenvalue weighted by atomic mass is 35.5. The third-order valence-corrected chi connectivity index (χ3v) is 6.42. The molecule has 8 heteroatoms. The Hall–Kier alpha value is -3.03. The summed E-state index contributed by atoms with van der Waals surface area (Å²) in [5.74, 6) is 0.0145. The zero-order valence-electron chi connectivity index (χ0n) is 17.6. The van der Waals surface area contributed by atoms with Gasteiger partial charge in [-0.25, -0.2) is 8.42 Å². The molecule has 3 rings (SSSR count). The summed E-state index contributed by atoms with van der Waals surface area (Å²) in [4.78, 5) is 12.6. The average Bonchev–Trinajstić information content (AvgIpc) is 2.67. The summed E-state index contributed by atoms with van der Waals surface area (Å²) in [6, 6.07) is 14.9. The maximum atomic E-state index is 13.0. The minimum absolute atomic E-state index is 0.0153. The van der Waals surface area contributed by atoms with Gasteiger partial charge < -0.3 is 10.1 Å². The topological polar surface area (TPSA) is 84.5 Å². The van der Waals surface area contributed by atoms with Crippen molar-refractivity contribution in [3.8, 4) is 5.75 Å². The van der Waals surface area contributed by atoms with E-state index < -0.39 is 15.9 Å². The Morgan fingerprint density at radius 2 is 1.58 bits per heavy atom. The predicted octanol–water partition coefficient (Wildman–Crippen LogP) is 5.33. The second-order valence-corrected chi connectivity index (χ2v) is 9.34. The van der Waals surface area contributed by atoms with Gasteiger partial charge in [-0.15, -0.1) is 0 Å². The first-order chi connectivity index (χ1) is 14.6. The molecular weight excluding hydrogens is 436 g/mol. The number of methoxy groups -OCH3 is 1. The third kappa shape index (κ3) is 5.37. The number of aryl methyl sites for hydroxylation is 3. The first kappa shape index (κ1) is 22.7. The van der Waals surface area contributed by atoms with Gasteiger partial charge in [-0.3, -0.25) is 9.52 Å². The first-order valence-electron chi connectivity index (χ1n) is 9.46. The molecule has 0 spiro atoms. The fourth-order valence-electron chi connectivity index (χ4n) is 3.21. The maximum absolute atomic E-state index is 13.0. The lowest BCUT2D eigenvalue weighted by Gasteiger charge is -2.13. The summed E-state index contributed by atoms with van der Waals surface area (Å²) >= 11 is 6.17. The molecule has 0 saturated carbocycles. The van der Waals surface area contributed by atoms with E-state index in [0.29, 0.717) is 17.1 Å². The van der Waals surface area contributed by atoms with E-state index in [9.17, 15) is 13.2 Å². The fraction of sp³-hybridized carbons (Fsp3) is 0.174. The van der Waals surface area contributed by atoms with E-state index in [2.05, 4.69) is 10.0 Å². The highest BCUT2D eigenvalue weighted by Gasteiger charge is 2.21. The van der Waals surface area contributed by atoms with Crippen LogP contribution in [-0.2, 0) is 10.0 Å². The number of carbonyl (C=O) groups excluding carboxylic acids is 1. The molecule has 0 fully saturated rings. The Morgan fingerprint density at radius 3 is 2.23 bits per heavy atom. The predicted molar refractivity (Wildman–Crippen MR) is 124 cm³/mol. The van der Waals surface area contributed by atoms with E-state index in [0.717, 1.165) is 16.7 Å². The van der Waals surface area contributed by atoms with Gasteiger partial charge in [0.15, 0.2) is 0 Å². The number of anilines is 2. The standard InChI is InChI=1S/C23H23ClN2O4S/c1-14-5-8-21(30-4)20(12-14)25-23(27)17-6-7-19(24)22(13-17)31(28,29)26-18-10-15(2)9-16(3)11-18/h5-13,26H,1-4H3,(H,25,27). The van der Waals surface area contributed by atoms with Gasteiger partial charge in [-0.2, -0.15) is 0 Å². The second kappa shape index (κ2) is 8.99. The van der Waals surface area contributed by atoms with E-state index in [1.54, 1.807) is 24.3 Å². The molecule has 0 aliphatic carbocycles. The van der Waals surface area contributed by atoms with Gasteiger partial charge in [0.25, 0.3) is 15.9 Å². The summed E-state index contributed by atoms with van der Waals surface area (Å²) in [6.07, 6.45) is 0. The van der Waals surface area contributed by atoms with Crippen LogP contribution < -0.4 is 14.8 Å². The van der Waals surface area contributed by atoms with Crippen LogP contribution in [0.2, 0.25) is 5.02 Å². The van der Waals surface area contributed by atoms with Gasteiger partial charge in [-0.05, 0) is 79.9 Å². The smallest absolute Gasteiger partial charge is 0.263 e. The molecule has 31 heavy (non-hydrogen) atoms. The van der Waals surface area contributed by atoms with Crippen molar-refractivity contribution in [2.75, 3.05) is 17.1 Å². The van der Waals surface area contributed by atoms with Crippen LogP contribution in [0.15, 0.2) is 59.5 Å². The molecule has 0 unspecified atom stereocenters. The van der Waals surface area contributed by atoms with Gasteiger partial charge in [0.2, 0.25) is 0 Å². The molecule has 0 saturated heterocycles. The van der Waals surface area contributed by atoms with Crippen LogP contribution in [0.4, 0.5) is 11.4 Å². The molecule has 1 amide bonds. The van der Waals surface area contributed by atoms with Crippen molar-refractivity contribution in [3.05, 3.63) is 81.9 Å². The molecule has 0 aliphatic rings. The molecule has 0 aliphatic heterocycles. The van der Waals surface area contributed by atoms with E-state index in [4.69, 9.17) is 16.3 Å². The van der Waals surface area contributed by atoms with Crippen LogP contribution in [0.1, 0.15) is 27.0 Å². The lowest BCUT2D eigenvalue weighted by molar-refractivity contribution is 0.102. The van der Waals surface area contributed by atoms with E-state index in [-0.39, 0.29) is 15.5 Å². The van der Waals surface area contributed by atoms with Crippen molar-refractivity contribution in [1.82, 2.24) is 0 Å². The summed E-state index contributed by atoms with van der Waals surface area (Å²) in [7, 11) is -2.51. The molecule has 6 nitrogen and oxygen atoms in total. The minimum Gasteiger partial charge on any atom is -0.495 e. The Kier molecular flexibility index (Phi) is 6.57. The lowest BCUT2D eigenvalue weighted by atomic mass is 10.1. The van der Waals surface area contributed by atoms with Crippen LogP contribution in [-0.4, -0.2) is 21.4 Å². The van der Waals surface area contributed by atoms with Gasteiger partial charge in [-0.1, -0.05) is 23.7 Å². The lowest BCUT2D eigenvalue weighted by Crippen LogP contribution is -2.17. The number of amides is 1. The number of hydrogen-bond acceptors (Lipinski definition) is 4. The monoisotopic (exact) mass is 458 g/mol. The van der Waals surface area contributed by atoms with Gasteiger partial charge in [0.1, 0.15) is 10.6 Å². The van der Waals surface area contributed by atoms with E-state index in [1.807, 2.05) is 32.9 Å². The van der Waals surface area contributed by atoms with Gasteiger partial charge in [0, 0.05) is 11.3 Å². The number of hydrogen-bond donors (Lipinski definition) is 2. The molecule has 0 aromatic heterocycles. The van der Waals surface area contributed by atoms with Crippen LogP contribution in [0.25, 0.3) is 0 Å². The maximum Gasteiger partial charge on any atom is 0.263 e.